The van der Waals surface area contributed by atoms with Crippen LogP contribution in [0.15, 0.2) is 24.4 Å². The van der Waals surface area contributed by atoms with Gasteiger partial charge < -0.3 is 9.47 Å². The number of esters is 2. The van der Waals surface area contributed by atoms with Crippen LogP contribution in [0.1, 0.15) is 26.3 Å². The highest BCUT2D eigenvalue weighted by Crippen LogP contribution is 2.29. The predicted molar refractivity (Wildman–Crippen MR) is 76.7 cm³/mol. The maximum absolute atomic E-state index is 12.3. The normalized spacial score (nSPS) is 11.4. The summed E-state index contributed by atoms with van der Waals surface area (Å²) in [5.41, 5.74) is -0.139. The molecule has 1 N–H and O–H groups in total. The molecule has 6 heteroatoms. The van der Waals surface area contributed by atoms with Crippen molar-refractivity contribution in [3.63, 3.8) is 0 Å². The fraction of sp³-hybridized carbons (Fsp3) is 0.400. The van der Waals surface area contributed by atoms with Crippen molar-refractivity contribution >= 4 is 22.8 Å². The van der Waals surface area contributed by atoms with Crippen LogP contribution in [0.3, 0.4) is 0 Å². The van der Waals surface area contributed by atoms with Crippen molar-refractivity contribution in [3.05, 3.63) is 30.0 Å². The smallest absolute Gasteiger partial charge is 0.327 e. The minimum Gasteiger partial charge on any atom is -0.465 e. The first kappa shape index (κ1) is 15.0. The maximum atomic E-state index is 12.3. The van der Waals surface area contributed by atoms with E-state index in [1.807, 2.05) is 0 Å². The predicted octanol–water partition coefficient (Wildman–Crippen LogP) is 1.95. The summed E-state index contributed by atoms with van der Waals surface area (Å²) in [5, 5.41) is 7.57. The van der Waals surface area contributed by atoms with Crippen LogP contribution < -0.4 is 0 Å². The average Bonchev–Trinajstić information content (AvgIpc) is 2.94. The lowest BCUT2D eigenvalue weighted by molar-refractivity contribution is -0.163. The molecule has 0 aliphatic carbocycles. The number of rotatable bonds is 5. The van der Waals surface area contributed by atoms with Gasteiger partial charge in [-0.05, 0) is 38.5 Å². The SMILES string of the molecule is CCOC(=O)C(C)(C(=O)OCC)c1ccc2[nH]ncc2c1. The number of ether oxygens (including phenoxy) is 2. The molecular formula is C15H18N2O4. The minimum absolute atomic E-state index is 0.196. The number of aromatic amines is 1. The van der Waals surface area contributed by atoms with Crippen molar-refractivity contribution in [1.29, 1.82) is 0 Å². The third-order valence-corrected chi connectivity index (χ3v) is 3.38. The van der Waals surface area contributed by atoms with Gasteiger partial charge in [0.2, 0.25) is 0 Å². The lowest BCUT2D eigenvalue weighted by Crippen LogP contribution is -2.43. The van der Waals surface area contributed by atoms with Crippen molar-refractivity contribution in [2.24, 2.45) is 0 Å². The molecule has 2 rings (SSSR count). The third-order valence-electron chi connectivity index (χ3n) is 3.38. The van der Waals surface area contributed by atoms with Crippen molar-refractivity contribution in [3.8, 4) is 0 Å². The first-order chi connectivity index (χ1) is 10.0. The van der Waals surface area contributed by atoms with Gasteiger partial charge in [0.15, 0.2) is 5.41 Å². The van der Waals surface area contributed by atoms with Crippen molar-refractivity contribution in [2.75, 3.05) is 13.2 Å². The second kappa shape index (κ2) is 5.95. The molecule has 0 aliphatic heterocycles. The number of nitrogens with one attached hydrogen (secondary N) is 1. The fourth-order valence-corrected chi connectivity index (χ4v) is 2.12. The number of aromatic nitrogens is 2. The van der Waals surface area contributed by atoms with E-state index >= 15 is 0 Å². The Morgan fingerprint density at radius 3 is 2.38 bits per heavy atom. The van der Waals surface area contributed by atoms with Gasteiger partial charge in [0, 0.05) is 5.39 Å². The Hall–Kier alpha value is -2.37. The van der Waals surface area contributed by atoms with Gasteiger partial charge in [-0.15, -0.1) is 0 Å². The highest BCUT2D eigenvalue weighted by molar-refractivity contribution is 6.06. The molecule has 1 aromatic heterocycles. The fourth-order valence-electron chi connectivity index (χ4n) is 2.12. The molecule has 0 aliphatic rings. The molecule has 0 saturated carbocycles. The van der Waals surface area contributed by atoms with E-state index in [0.29, 0.717) is 5.56 Å². The third kappa shape index (κ3) is 2.61. The Bertz CT molecular complexity index is 644. The number of fused-ring (bicyclic) bond motifs is 1. The zero-order chi connectivity index (χ0) is 15.5. The molecule has 1 heterocycles. The monoisotopic (exact) mass is 290 g/mol. The van der Waals surface area contributed by atoms with Gasteiger partial charge >= 0.3 is 11.9 Å². The zero-order valence-electron chi connectivity index (χ0n) is 12.3. The van der Waals surface area contributed by atoms with E-state index in [9.17, 15) is 9.59 Å². The second-order valence-electron chi connectivity index (χ2n) is 4.74. The average molecular weight is 290 g/mol. The van der Waals surface area contributed by atoms with Crippen molar-refractivity contribution in [1.82, 2.24) is 10.2 Å². The first-order valence-corrected chi connectivity index (χ1v) is 6.82. The Labute approximate surface area is 122 Å². The molecule has 6 nitrogen and oxygen atoms in total. The van der Waals surface area contributed by atoms with Crippen molar-refractivity contribution in [2.45, 2.75) is 26.2 Å². The Kier molecular flexibility index (Phi) is 4.26. The second-order valence-corrected chi connectivity index (χ2v) is 4.74. The largest absolute Gasteiger partial charge is 0.465 e. The Morgan fingerprint density at radius 2 is 1.81 bits per heavy atom. The van der Waals surface area contributed by atoms with Crippen LogP contribution in [0.5, 0.6) is 0 Å². The lowest BCUT2D eigenvalue weighted by atomic mass is 9.82. The summed E-state index contributed by atoms with van der Waals surface area (Å²) in [6.45, 7) is 5.30. The number of carbonyl (C=O) groups excluding carboxylic acids is 2. The van der Waals surface area contributed by atoms with E-state index < -0.39 is 17.4 Å². The summed E-state index contributed by atoms with van der Waals surface area (Å²) in [7, 11) is 0. The van der Waals surface area contributed by atoms with Gasteiger partial charge in [0.1, 0.15) is 0 Å². The lowest BCUT2D eigenvalue weighted by Gasteiger charge is -2.25. The zero-order valence-corrected chi connectivity index (χ0v) is 12.3. The number of carbonyl (C=O) groups is 2. The molecule has 0 radical (unpaired) electrons. The van der Waals surface area contributed by atoms with Gasteiger partial charge in [0.05, 0.1) is 24.9 Å². The maximum Gasteiger partial charge on any atom is 0.327 e. The number of hydrogen-bond acceptors (Lipinski definition) is 5. The number of benzene rings is 1. The van der Waals surface area contributed by atoms with Crippen LogP contribution in [0, 0.1) is 0 Å². The number of hydrogen-bond donors (Lipinski definition) is 1. The summed E-state index contributed by atoms with van der Waals surface area (Å²) >= 11 is 0. The number of H-pyrrole nitrogens is 1. The van der Waals surface area contributed by atoms with Crippen LogP contribution in [0.25, 0.3) is 10.9 Å². The van der Waals surface area contributed by atoms with Gasteiger partial charge in [-0.3, -0.25) is 14.7 Å². The van der Waals surface area contributed by atoms with Crippen LogP contribution >= 0.6 is 0 Å². The molecule has 0 bridgehead atoms. The highest BCUT2D eigenvalue weighted by Gasteiger charge is 2.46. The van der Waals surface area contributed by atoms with E-state index in [1.165, 1.54) is 6.92 Å². The number of nitrogens with zero attached hydrogens (tertiary/aromatic N) is 1. The van der Waals surface area contributed by atoms with Gasteiger partial charge in [0.25, 0.3) is 0 Å². The van der Waals surface area contributed by atoms with E-state index in [1.54, 1.807) is 38.2 Å². The molecule has 0 unspecified atom stereocenters. The molecular weight excluding hydrogens is 272 g/mol. The van der Waals surface area contributed by atoms with Crippen LogP contribution in [0.2, 0.25) is 0 Å². The molecule has 0 saturated heterocycles. The molecule has 2 aromatic rings. The summed E-state index contributed by atoms with van der Waals surface area (Å²) in [6.07, 6.45) is 1.63. The summed E-state index contributed by atoms with van der Waals surface area (Å²) in [4.78, 5) is 24.6. The minimum atomic E-state index is -1.49. The summed E-state index contributed by atoms with van der Waals surface area (Å²) in [5.74, 6) is -1.24. The van der Waals surface area contributed by atoms with E-state index in [2.05, 4.69) is 10.2 Å². The molecule has 0 fully saturated rings. The van der Waals surface area contributed by atoms with E-state index in [0.717, 1.165) is 10.9 Å². The van der Waals surface area contributed by atoms with Gasteiger partial charge in [-0.2, -0.15) is 5.10 Å². The summed E-state index contributed by atoms with van der Waals surface area (Å²) in [6, 6.07) is 5.22. The van der Waals surface area contributed by atoms with Crippen molar-refractivity contribution < 1.29 is 19.1 Å². The standard InChI is InChI=1S/C15H18N2O4/c1-4-20-13(18)15(3,14(19)21-5-2)11-6-7-12-10(8-11)9-16-17-12/h6-9H,4-5H2,1-3H3,(H,16,17). The van der Waals surface area contributed by atoms with Gasteiger partial charge in [-0.1, -0.05) is 6.07 Å². The van der Waals surface area contributed by atoms with Crippen LogP contribution in [-0.2, 0) is 24.5 Å². The highest BCUT2D eigenvalue weighted by atomic mass is 16.6. The molecule has 112 valence electrons. The van der Waals surface area contributed by atoms with Gasteiger partial charge in [-0.25, -0.2) is 0 Å². The first-order valence-electron chi connectivity index (χ1n) is 6.82. The molecule has 0 spiro atoms. The molecule has 0 amide bonds. The topological polar surface area (TPSA) is 81.3 Å². The summed E-state index contributed by atoms with van der Waals surface area (Å²) < 4.78 is 10.1. The molecule has 0 atom stereocenters. The van der Waals surface area contributed by atoms with E-state index in [4.69, 9.17) is 9.47 Å². The quantitative estimate of drug-likeness (QED) is 0.672. The van der Waals surface area contributed by atoms with Crippen LogP contribution in [-0.4, -0.2) is 35.3 Å². The molecule has 21 heavy (non-hydrogen) atoms. The van der Waals surface area contributed by atoms with E-state index in [-0.39, 0.29) is 13.2 Å². The Balaban J connectivity index is 2.51. The molecule has 1 aromatic carbocycles. The van der Waals surface area contributed by atoms with Crippen LogP contribution in [0.4, 0.5) is 0 Å². The Morgan fingerprint density at radius 1 is 1.19 bits per heavy atom.